The van der Waals surface area contributed by atoms with E-state index in [0.717, 1.165) is 16.9 Å². The predicted octanol–water partition coefficient (Wildman–Crippen LogP) is 2.36. The number of amides is 1. The van der Waals surface area contributed by atoms with Crippen LogP contribution >= 0.6 is 0 Å². The largest absolute Gasteiger partial charge is 0.462 e. The Morgan fingerprint density at radius 3 is 2.67 bits per heavy atom. The molecule has 1 aromatic carbocycles. The van der Waals surface area contributed by atoms with E-state index in [1.165, 1.54) is 0 Å². The fourth-order valence-electron chi connectivity index (χ4n) is 2.80. The van der Waals surface area contributed by atoms with Crippen molar-refractivity contribution in [2.75, 3.05) is 6.54 Å². The maximum absolute atomic E-state index is 12.1. The molecular weight excluding hydrogens is 344 g/mol. The van der Waals surface area contributed by atoms with Gasteiger partial charge in [-0.3, -0.25) is 14.6 Å². The Balaban J connectivity index is 1.72. The number of fused-ring (bicyclic) bond motifs is 1. The van der Waals surface area contributed by atoms with Crippen LogP contribution in [0, 0.1) is 0 Å². The maximum atomic E-state index is 12.1. The predicted molar refractivity (Wildman–Crippen MR) is 101 cm³/mol. The van der Waals surface area contributed by atoms with Gasteiger partial charge in [-0.2, -0.15) is 0 Å². The van der Waals surface area contributed by atoms with E-state index in [1.54, 1.807) is 24.4 Å². The van der Waals surface area contributed by atoms with Crippen LogP contribution in [0.5, 0.6) is 0 Å². The summed E-state index contributed by atoms with van der Waals surface area (Å²) in [4.78, 5) is 32.9. The van der Waals surface area contributed by atoms with E-state index in [1.807, 2.05) is 42.7 Å². The second kappa shape index (κ2) is 8.44. The molecule has 2 aromatic heterocycles. The molecular formula is C20H22N4O3. The number of nitrogens with one attached hydrogen (secondary N) is 1. The molecule has 0 bridgehead atoms. The molecule has 0 aliphatic heterocycles. The molecule has 0 saturated carbocycles. The van der Waals surface area contributed by atoms with Gasteiger partial charge in [0.15, 0.2) is 0 Å². The highest BCUT2D eigenvalue weighted by Gasteiger charge is 2.15. The van der Waals surface area contributed by atoms with Crippen molar-refractivity contribution in [2.24, 2.45) is 0 Å². The molecule has 1 amide bonds. The van der Waals surface area contributed by atoms with Gasteiger partial charge in [0.1, 0.15) is 18.1 Å². The highest BCUT2D eigenvalue weighted by molar-refractivity contribution is 5.92. The lowest BCUT2D eigenvalue weighted by atomic mass is 10.3. The number of hydrogen-bond acceptors (Lipinski definition) is 5. The third-order valence-corrected chi connectivity index (χ3v) is 3.92. The molecule has 140 valence electrons. The first-order valence-electron chi connectivity index (χ1n) is 8.87. The Morgan fingerprint density at radius 2 is 1.93 bits per heavy atom. The van der Waals surface area contributed by atoms with Gasteiger partial charge in [-0.05, 0) is 38.1 Å². The van der Waals surface area contributed by atoms with Gasteiger partial charge in [0.25, 0.3) is 5.91 Å². The van der Waals surface area contributed by atoms with Crippen molar-refractivity contribution < 1.29 is 14.3 Å². The number of hydrogen-bond donors (Lipinski definition) is 1. The second-order valence-electron chi connectivity index (χ2n) is 6.36. The normalized spacial score (nSPS) is 10.9. The van der Waals surface area contributed by atoms with Crippen molar-refractivity contribution in [2.45, 2.75) is 32.9 Å². The molecule has 1 N–H and O–H groups in total. The van der Waals surface area contributed by atoms with Crippen molar-refractivity contribution >= 4 is 22.9 Å². The van der Waals surface area contributed by atoms with Crippen molar-refractivity contribution in [1.82, 2.24) is 19.9 Å². The molecule has 3 rings (SSSR count). The Morgan fingerprint density at radius 1 is 1.15 bits per heavy atom. The minimum Gasteiger partial charge on any atom is -0.462 e. The molecule has 3 aromatic rings. The number of pyridine rings is 1. The van der Waals surface area contributed by atoms with Gasteiger partial charge in [0, 0.05) is 19.2 Å². The highest BCUT2D eigenvalue weighted by atomic mass is 16.5. The molecule has 0 fully saturated rings. The van der Waals surface area contributed by atoms with Gasteiger partial charge in [0.2, 0.25) is 0 Å². The minimum absolute atomic E-state index is 0.0855. The summed E-state index contributed by atoms with van der Waals surface area (Å²) in [6.07, 6.45) is 1.89. The van der Waals surface area contributed by atoms with Gasteiger partial charge in [-0.1, -0.05) is 18.2 Å². The summed E-state index contributed by atoms with van der Waals surface area (Å²) in [6, 6.07) is 12.8. The zero-order chi connectivity index (χ0) is 19.2. The first kappa shape index (κ1) is 18.6. The molecule has 7 heteroatoms. The van der Waals surface area contributed by atoms with E-state index in [2.05, 4.69) is 15.3 Å². The number of benzene rings is 1. The number of imidazole rings is 1. The maximum Gasteiger partial charge on any atom is 0.326 e. The third kappa shape index (κ3) is 4.69. The van der Waals surface area contributed by atoms with Crippen molar-refractivity contribution in [1.29, 1.82) is 0 Å². The molecule has 7 nitrogen and oxygen atoms in total. The van der Waals surface area contributed by atoms with Crippen molar-refractivity contribution in [3.8, 4) is 0 Å². The molecule has 0 radical (unpaired) electrons. The summed E-state index contributed by atoms with van der Waals surface area (Å²) in [5.41, 5.74) is 2.04. The number of para-hydroxylation sites is 2. The van der Waals surface area contributed by atoms with Crippen molar-refractivity contribution in [3.63, 3.8) is 0 Å². The molecule has 0 aliphatic carbocycles. The topological polar surface area (TPSA) is 86.1 Å². The number of carbonyl (C=O) groups is 2. The Labute approximate surface area is 157 Å². The molecule has 2 heterocycles. The van der Waals surface area contributed by atoms with Crippen LogP contribution in [-0.2, 0) is 22.5 Å². The standard InChI is InChI=1S/C20H22N4O3/c1-14(2)27-19(25)13-24-17-9-4-3-7-15(17)23-18(24)10-12-22-20(26)16-8-5-6-11-21-16/h3-9,11,14H,10,12-13H2,1-2H3,(H,22,26). The zero-order valence-electron chi connectivity index (χ0n) is 15.4. The summed E-state index contributed by atoms with van der Waals surface area (Å²) >= 11 is 0. The van der Waals surface area contributed by atoms with E-state index in [-0.39, 0.29) is 24.5 Å². The SMILES string of the molecule is CC(C)OC(=O)Cn1c(CCNC(=O)c2ccccn2)nc2ccccc21. The lowest BCUT2D eigenvalue weighted by molar-refractivity contribution is -0.148. The van der Waals surface area contributed by atoms with E-state index in [0.29, 0.717) is 18.7 Å². The summed E-state index contributed by atoms with van der Waals surface area (Å²) in [6.45, 7) is 4.11. The summed E-state index contributed by atoms with van der Waals surface area (Å²) < 4.78 is 7.10. The molecule has 0 aliphatic rings. The van der Waals surface area contributed by atoms with Crippen LogP contribution in [0.2, 0.25) is 0 Å². The van der Waals surface area contributed by atoms with Crippen LogP contribution in [0.15, 0.2) is 48.7 Å². The molecule has 27 heavy (non-hydrogen) atoms. The Bertz CT molecular complexity index is 935. The van der Waals surface area contributed by atoms with Gasteiger partial charge >= 0.3 is 5.97 Å². The summed E-state index contributed by atoms with van der Waals surface area (Å²) in [7, 11) is 0. The second-order valence-corrected chi connectivity index (χ2v) is 6.36. The van der Waals surface area contributed by atoms with Crippen LogP contribution in [-0.4, -0.2) is 39.1 Å². The molecule has 0 atom stereocenters. The number of nitrogens with zero attached hydrogens (tertiary/aromatic N) is 3. The van der Waals surface area contributed by atoms with E-state index in [4.69, 9.17) is 4.74 Å². The first-order valence-corrected chi connectivity index (χ1v) is 8.87. The quantitative estimate of drug-likeness (QED) is 0.649. The van der Waals surface area contributed by atoms with Gasteiger partial charge in [-0.25, -0.2) is 4.98 Å². The first-order chi connectivity index (χ1) is 13.0. The fourth-order valence-corrected chi connectivity index (χ4v) is 2.80. The smallest absolute Gasteiger partial charge is 0.326 e. The lowest BCUT2D eigenvalue weighted by Gasteiger charge is -2.11. The number of carbonyl (C=O) groups excluding carboxylic acids is 2. The minimum atomic E-state index is -0.313. The number of aromatic nitrogens is 3. The summed E-state index contributed by atoms with van der Waals surface area (Å²) in [5.74, 6) is 0.169. The Kier molecular flexibility index (Phi) is 5.80. The van der Waals surface area contributed by atoms with E-state index in [9.17, 15) is 9.59 Å². The fraction of sp³-hybridized carbons (Fsp3) is 0.300. The van der Waals surface area contributed by atoms with Crippen LogP contribution in [0.25, 0.3) is 11.0 Å². The van der Waals surface area contributed by atoms with E-state index < -0.39 is 0 Å². The monoisotopic (exact) mass is 366 g/mol. The molecule has 0 unspecified atom stereocenters. The van der Waals surface area contributed by atoms with Crippen LogP contribution in [0.1, 0.15) is 30.2 Å². The van der Waals surface area contributed by atoms with Crippen LogP contribution in [0.4, 0.5) is 0 Å². The highest BCUT2D eigenvalue weighted by Crippen LogP contribution is 2.16. The van der Waals surface area contributed by atoms with Crippen LogP contribution < -0.4 is 5.32 Å². The summed E-state index contributed by atoms with van der Waals surface area (Å²) in [5, 5.41) is 2.83. The van der Waals surface area contributed by atoms with Crippen LogP contribution in [0.3, 0.4) is 0 Å². The Hall–Kier alpha value is -3.22. The van der Waals surface area contributed by atoms with Crippen molar-refractivity contribution in [3.05, 3.63) is 60.2 Å². The van der Waals surface area contributed by atoms with E-state index >= 15 is 0 Å². The molecule has 0 saturated heterocycles. The average Bonchev–Trinajstić information content (AvgIpc) is 2.99. The average molecular weight is 366 g/mol. The number of rotatable bonds is 7. The molecule has 0 spiro atoms. The van der Waals surface area contributed by atoms with Gasteiger partial charge in [-0.15, -0.1) is 0 Å². The van der Waals surface area contributed by atoms with Gasteiger partial charge in [0.05, 0.1) is 17.1 Å². The zero-order valence-corrected chi connectivity index (χ0v) is 15.4. The number of ether oxygens (including phenoxy) is 1. The number of esters is 1. The lowest BCUT2D eigenvalue weighted by Crippen LogP contribution is -2.27. The van der Waals surface area contributed by atoms with Gasteiger partial charge < -0.3 is 14.6 Å². The third-order valence-electron chi connectivity index (χ3n) is 3.92.